The van der Waals surface area contributed by atoms with Gasteiger partial charge in [-0.1, -0.05) is 24.8 Å². The molecule has 0 atom stereocenters. The van der Waals surface area contributed by atoms with E-state index in [1.165, 1.54) is 33.8 Å². The predicted octanol–water partition coefficient (Wildman–Crippen LogP) is 4.60. The molecule has 2 aromatic rings. The fourth-order valence-electron chi connectivity index (χ4n) is 4.27. The topological polar surface area (TPSA) is 84.7 Å². The third-order valence-electron chi connectivity index (χ3n) is 6.16. The second-order valence-corrected chi connectivity index (χ2v) is 9.23. The summed E-state index contributed by atoms with van der Waals surface area (Å²) in [5.41, 5.74) is 0.560. The Bertz CT molecular complexity index is 1440. The first kappa shape index (κ1) is 29.6. The van der Waals surface area contributed by atoms with Gasteiger partial charge in [-0.2, -0.15) is 0 Å². The van der Waals surface area contributed by atoms with E-state index in [2.05, 4.69) is 24.2 Å². The van der Waals surface area contributed by atoms with Crippen molar-refractivity contribution in [2.24, 2.45) is 0 Å². The van der Waals surface area contributed by atoms with Gasteiger partial charge in [-0.15, -0.1) is 12.6 Å². The molecule has 1 aliphatic carbocycles. The van der Waals surface area contributed by atoms with Crippen LogP contribution >= 0.6 is 12.6 Å². The molecule has 39 heavy (non-hydrogen) atoms. The molecule has 0 unspecified atom stereocenters. The summed E-state index contributed by atoms with van der Waals surface area (Å²) < 4.78 is 20.8. The third-order valence-corrected chi connectivity index (χ3v) is 6.50. The second kappa shape index (κ2) is 13.7. The summed E-state index contributed by atoms with van der Waals surface area (Å²) >= 11 is 4.22. The zero-order chi connectivity index (χ0) is 28.5. The molecule has 0 N–H and O–H groups in total. The highest BCUT2D eigenvalue weighted by Crippen LogP contribution is 2.29. The van der Waals surface area contributed by atoms with Crippen LogP contribution in [0.4, 0.5) is 10.1 Å². The first-order valence-corrected chi connectivity index (χ1v) is 13.1. The number of allylic oxidation sites excluding steroid dienone is 8. The number of likely N-dealkylation sites (N-methyl/N-ethyl adjacent to an activating group) is 2. The molecule has 0 saturated carbocycles. The van der Waals surface area contributed by atoms with Crippen LogP contribution in [0.2, 0.25) is 0 Å². The van der Waals surface area contributed by atoms with Crippen molar-refractivity contribution in [3.05, 3.63) is 93.6 Å². The molecule has 0 aromatic carbocycles. The van der Waals surface area contributed by atoms with Crippen molar-refractivity contribution in [1.82, 2.24) is 14.5 Å². The molecule has 1 aliphatic rings. The summed E-state index contributed by atoms with van der Waals surface area (Å²) in [6.45, 7) is 8.28. The second-order valence-electron chi connectivity index (χ2n) is 8.75. The fraction of sp³-hybridized carbons (Fsp3) is 0.310. The fourth-order valence-corrected chi connectivity index (χ4v) is 4.55. The van der Waals surface area contributed by atoms with E-state index in [1.807, 2.05) is 11.8 Å². The normalized spacial score (nSPS) is 13.4. The SMILES string of the molecule is C=C/C=C(\S)C(=O)N(C)CCN(CC)c1c(C(=O)OCC)c(=O)n(CC2=CC(F)=CCC=C2)c2ncccc12. The predicted molar refractivity (Wildman–Crippen MR) is 156 cm³/mol. The molecule has 0 fully saturated rings. The highest BCUT2D eigenvalue weighted by atomic mass is 32.1. The Morgan fingerprint density at radius 1 is 1.31 bits per heavy atom. The van der Waals surface area contributed by atoms with Gasteiger partial charge in [-0.05, 0) is 56.2 Å². The number of anilines is 1. The van der Waals surface area contributed by atoms with Crippen molar-refractivity contribution in [2.45, 2.75) is 26.8 Å². The molecule has 2 heterocycles. The van der Waals surface area contributed by atoms with Gasteiger partial charge < -0.3 is 14.5 Å². The number of nitrogens with zero attached hydrogens (tertiary/aromatic N) is 4. The highest BCUT2D eigenvalue weighted by molar-refractivity contribution is 7.85. The van der Waals surface area contributed by atoms with Crippen LogP contribution in [0.3, 0.4) is 0 Å². The van der Waals surface area contributed by atoms with Crippen molar-refractivity contribution in [3.8, 4) is 0 Å². The Balaban J connectivity index is 2.15. The monoisotopic (exact) mass is 552 g/mol. The minimum atomic E-state index is -0.761. The number of aromatic nitrogens is 2. The average Bonchev–Trinajstić information content (AvgIpc) is 3.13. The Morgan fingerprint density at radius 3 is 2.77 bits per heavy atom. The minimum absolute atomic E-state index is 0.0144. The van der Waals surface area contributed by atoms with Gasteiger partial charge in [-0.3, -0.25) is 14.2 Å². The maximum atomic E-state index is 14.2. The zero-order valence-corrected chi connectivity index (χ0v) is 23.3. The number of carbonyl (C=O) groups is 2. The van der Waals surface area contributed by atoms with E-state index in [4.69, 9.17) is 4.74 Å². The van der Waals surface area contributed by atoms with Crippen LogP contribution in [0.1, 0.15) is 30.6 Å². The molecule has 0 spiro atoms. The molecule has 2 aromatic heterocycles. The molecule has 0 aliphatic heterocycles. The standard InChI is InChI=1S/C29H33FN4O4S/c1-5-11-23(39)27(35)32(4)16-17-33(6-2)25-22-14-10-15-31-26(22)34(28(36)24(25)29(37)38-7-3)19-20-12-8-9-13-21(30)18-20/h5,8,10-15,18,39H,1,6-7,9,16-17,19H2,2-4H3/b23-11-. The molecule has 0 saturated heterocycles. The quantitative estimate of drug-likeness (QED) is 0.190. The number of hydrogen-bond donors (Lipinski definition) is 1. The zero-order valence-electron chi connectivity index (χ0n) is 22.4. The summed E-state index contributed by atoms with van der Waals surface area (Å²) in [5.74, 6) is -1.44. The van der Waals surface area contributed by atoms with Gasteiger partial charge in [0.15, 0.2) is 0 Å². The summed E-state index contributed by atoms with van der Waals surface area (Å²) in [7, 11) is 1.65. The number of ether oxygens (including phenoxy) is 1. The van der Waals surface area contributed by atoms with Gasteiger partial charge in [-0.25, -0.2) is 14.2 Å². The number of carbonyl (C=O) groups excluding carboxylic acids is 2. The lowest BCUT2D eigenvalue weighted by Gasteiger charge is -2.29. The molecule has 8 nitrogen and oxygen atoms in total. The van der Waals surface area contributed by atoms with Crippen LogP contribution in [0, 0.1) is 0 Å². The van der Waals surface area contributed by atoms with Crippen LogP contribution in [-0.4, -0.2) is 59.6 Å². The number of rotatable bonds is 11. The largest absolute Gasteiger partial charge is 0.462 e. The van der Waals surface area contributed by atoms with E-state index in [0.29, 0.717) is 41.8 Å². The maximum Gasteiger partial charge on any atom is 0.345 e. The van der Waals surface area contributed by atoms with Gasteiger partial charge in [0.2, 0.25) is 0 Å². The molecule has 3 rings (SSSR count). The number of halogens is 1. The van der Waals surface area contributed by atoms with Crippen LogP contribution in [0.15, 0.2) is 82.5 Å². The molecule has 206 valence electrons. The van der Waals surface area contributed by atoms with Gasteiger partial charge >= 0.3 is 5.97 Å². The van der Waals surface area contributed by atoms with Crippen molar-refractivity contribution in [3.63, 3.8) is 0 Å². The smallest absolute Gasteiger partial charge is 0.345 e. The van der Waals surface area contributed by atoms with Gasteiger partial charge in [0.1, 0.15) is 17.0 Å². The number of amides is 1. The van der Waals surface area contributed by atoms with Gasteiger partial charge in [0.25, 0.3) is 11.5 Å². The van der Waals surface area contributed by atoms with Crippen LogP contribution in [-0.2, 0) is 16.1 Å². The lowest BCUT2D eigenvalue weighted by Crippen LogP contribution is -2.39. The number of fused-ring (bicyclic) bond motifs is 1. The van der Waals surface area contributed by atoms with Crippen LogP contribution in [0.25, 0.3) is 11.0 Å². The molecule has 0 radical (unpaired) electrons. The highest BCUT2D eigenvalue weighted by Gasteiger charge is 2.28. The van der Waals surface area contributed by atoms with Crippen molar-refractivity contribution >= 4 is 41.2 Å². The minimum Gasteiger partial charge on any atom is -0.462 e. The third kappa shape index (κ3) is 6.94. The molecule has 0 bridgehead atoms. The van der Waals surface area contributed by atoms with Crippen molar-refractivity contribution in [2.75, 3.05) is 38.2 Å². The number of esters is 1. The van der Waals surface area contributed by atoms with E-state index >= 15 is 0 Å². The average molecular weight is 553 g/mol. The van der Waals surface area contributed by atoms with E-state index < -0.39 is 17.4 Å². The molecular formula is C29H33FN4O4S. The Morgan fingerprint density at radius 2 is 2.08 bits per heavy atom. The number of pyridine rings is 2. The summed E-state index contributed by atoms with van der Waals surface area (Å²) in [6.07, 6.45) is 11.4. The Labute approximate surface area is 232 Å². The number of hydrogen-bond acceptors (Lipinski definition) is 7. The van der Waals surface area contributed by atoms with E-state index in [1.54, 1.807) is 44.5 Å². The summed E-state index contributed by atoms with van der Waals surface area (Å²) in [4.78, 5) is 47.9. The number of thiol groups is 1. The first-order chi connectivity index (χ1) is 18.7. The molecular weight excluding hydrogens is 519 g/mol. The maximum absolute atomic E-state index is 14.2. The summed E-state index contributed by atoms with van der Waals surface area (Å²) in [5, 5.41) is 0.562. The van der Waals surface area contributed by atoms with Gasteiger partial charge in [0, 0.05) is 38.3 Å². The van der Waals surface area contributed by atoms with E-state index in [0.717, 1.165) is 0 Å². The first-order valence-electron chi connectivity index (χ1n) is 12.7. The van der Waals surface area contributed by atoms with Crippen molar-refractivity contribution in [1.29, 1.82) is 0 Å². The van der Waals surface area contributed by atoms with Crippen molar-refractivity contribution < 1.29 is 18.7 Å². The van der Waals surface area contributed by atoms with E-state index in [-0.39, 0.29) is 36.1 Å². The summed E-state index contributed by atoms with van der Waals surface area (Å²) in [6, 6.07) is 3.50. The molecule has 10 heteroatoms. The van der Waals surface area contributed by atoms with Gasteiger partial charge in [0.05, 0.1) is 23.7 Å². The lowest BCUT2D eigenvalue weighted by molar-refractivity contribution is -0.125. The molecule has 1 amide bonds. The van der Waals surface area contributed by atoms with Crippen LogP contribution in [0.5, 0.6) is 0 Å². The van der Waals surface area contributed by atoms with Crippen LogP contribution < -0.4 is 10.5 Å². The van der Waals surface area contributed by atoms with E-state index in [9.17, 15) is 18.8 Å². The lowest BCUT2D eigenvalue weighted by atomic mass is 10.1. The Hall–Kier alpha value is -3.92. The Kier molecular flexibility index (Phi) is 10.4.